The van der Waals surface area contributed by atoms with Crippen LogP contribution in [0, 0.1) is 6.92 Å². The summed E-state index contributed by atoms with van der Waals surface area (Å²) in [5.74, 6) is 0.152. The lowest BCUT2D eigenvalue weighted by atomic mass is 10.2. The quantitative estimate of drug-likeness (QED) is 0.462. The molecule has 3 rings (SSSR count). The number of anilines is 1. The van der Waals surface area contributed by atoms with Crippen LogP contribution in [0.15, 0.2) is 60.8 Å². The molecule has 0 spiro atoms. The number of rotatable bonds is 5. The summed E-state index contributed by atoms with van der Waals surface area (Å²) < 4.78 is 44.6. The lowest BCUT2D eigenvalue weighted by Crippen LogP contribution is -2.43. The number of carbonyl (C=O) groups excluding carboxylic acids is 2. The highest BCUT2D eigenvalue weighted by molar-refractivity contribution is 6.31. The molecule has 0 aliphatic heterocycles. The Labute approximate surface area is 192 Å². The van der Waals surface area contributed by atoms with Crippen LogP contribution in [0.25, 0.3) is 0 Å². The summed E-state index contributed by atoms with van der Waals surface area (Å²) in [5.41, 5.74) is 4.26. The van der Waals surface area contributed by atoms with Gasteiger partial charge in [0.25, 0.3) is 5.91 Å². The van der Waals surface area contributed by atoms with Crippen molar-refractivity contribution in [3.05, 3.63) is 82.6 Å². The van der Waals surface area contributed by atoms with Crippen LogP contribution in [-0.2, 0) is 6.18 Å². The van der Waals surface area contributed by atoms with Crippen LogP contribution in [0.2, 0.25) is 5.02 Å². The highest BCUT2D eigenvalue weighted by Gasteiger charge is 2.33. The summed E-state index contributed by atoms with van der Waals surface area (Å²) in [6.07, 6.45) is -3.31. The number of alkyl halides is 3. The summed E-state index contributed by atoms with van der Waals surface area (Å²) in [7, 11) is 1.19. The molecule has 172 valence electrons. The molecule has 0 radical (unpaired) electrons. The van der Waals surface area contributed by atoms with E-state index in [-0.39, 0.29) is 11.4 Å². The predicted octanol–water partition coefficient (Wildman–Crippen LogP) is 5.66. The summed E-state index contributed by atoms with van der Waals surface area (Å²) in [6.45, 7) is 1.91. The average Bonchev–Trinajstić information content (AvgIpc) is 2.76. The Bertz CT molecular complexity index is 1190. The van der Waals surface area contributed by atoms with Crippen molar-refractivity contribution < 1.29 is 27.5 Å². The Morgan fingerprint density at radius 3 is 2.48 bits per heavy atom. The Balaban J connectivity index is 1.66. The van der Waals surface area contributed by atoms with Gasteiger partial charge < -0.3 is 4.74 Å². The van der Waals surface area contributed by atoms with Crippen molar-refractivity contribution in [3.8, 4) is 11.5 Å². The number of aryl methyl sites for hydroxylation is 1. The van der Waals surface area contributed by atoms with Gasteiger partial charge in [0, 0.05) is 19.3 Å². The predicted molar refractivity (Wildman–Crippen MR) is 116 cm³/mol. The normalized spacial score (nSPS) is 11.0. The smallest absolute Gasteiger partial charge is 0.417 e. The zero-order chi connectivity index (χ0) is 24.2. The molecule has 11 heteroatoms. The molecule has 0 aliphatic rings. The average molecular weight is 479 g/mol. The van der Waals surface area contributed by atoms with Crippen LogP contribution < -0.4 is 15.6 Å². The monoisotopic (exact) mass is 478 g/mol. The number of urea groups is 1. The lowest BCUT2D eigenvalue weighted by Gasteiger charge is -2.18. The maximum atomic E-state index is 13.0. The maximum absolute atomic E-state index is 13.0. The molecule has 2 aromatic carbocycles. The van der Waals surface area contributed by atoms with E-state index in [4.69, 9.17) is 16.3 Å². The van der Waals surface area contributed by atoms with Gasteiger partial charge >= 0.3 is 12.2 Å². The number of amides is 3. The Morgan fingerprint density at radius 1 is 1.06 bits per heavy atom. The molecule has 0 saturated heterocycles. The second-order valence-electron chi connectivity index (χ2n) is 6.91. The standard InChI is InChI=1S/C22H18ClF3N4O3/c1-13-4-3-5-15(10-13)33-16-8-9-27-19(12-16)20(31)30(2)21(32)29-28-14-6-7-18(23)17(11-14)22(24,25)26/h3-12,28H,1-2H3,(H,29,32). The van der Waals surface area contributed by atoms with Gasteiger partial charge in [-0.05, 0) is 48.9 Å². The number of hydrogen-bond acceptors (Lipinski definition) is 5. The lowest BCUT2D eigenvalue weighted by molar-refractivity contribution is -0.137. The number of hydrazine groups is 1. The largest absolute Gasteiger partial charge is 0.457 e. The zero-order valence-electron chi connectivity index (χ0n) is 17.4. The van der Waals surface area contributed by atoms with Crippen molar-refractivity contribution >= 4 is 29.2 Å². The number of halogens is 4. The topological polar surface area (TPSA) is 83.6 Å². The number of nitrogens with zero attached hydrogens (tertiary/aromatic N) is 2. The summed E-state index contributed by atoms with van der Waals surface area (Å²) in [4.78, 5) is 29.6. The van der Waals surface area contributed by atoms with Crippen LogP contribution in [0.3, 0.4) is 0 Å². The van der Waals surface area contributed by atoms with Gasteiger partial charge in [-0.25, -0.2) is 4.79 Å². The molecule has 7 nitrogen and oxygen atoms in total. The molecule has 2 N–H and O–H groups in total. The van der Waals surface area contributed by atoms with Crippen LogP contribution in [-0.4, -0.2) is 28.9 Å². The molecule has 3 aromatic rings. The minimum Gasteiger partial charge on any atom is -0.457 e. The highest BCUT2D eigenvalue weighted by atomic mass is 35.5. The van der Waals surface area contributed by atoms with Crippen LogP contribution in [0.1, 0.15) is 21.6 Å². The highest BCUT2D eigenvalue weighted by Crippen LogP contribution is 2.36. The molecule has 0 bridgehead atoms. The third-order valence-corrected chi connectivity index (χ3v) is 4.70. The summed E-state index contributed by atoms with van der Waals surface area (Å²) >= 11 is 5.57. The number of aromatic nitrogens is 1. The molecule has 0 unspecified atom stereocenters. The number of pyridine rings is 1. The number of benzene rings is 2. The first-order chi connectivity index (χ1) is 15.5. The minimum atomic E-state index is -4.66. The summed E-state index contributed by atoms with van der Waals surface area (Å²) in [6, 6.07) is 12.3. The first kappa shape index (κ1) is 23.9. The third kappa shape index (κ3) is 6.13. The second-order valence-corrected chi connectivity index (χ2v) is 7.31. The first-order valence-electron chi connectivity index (χ1n) is 9.46. The van der Waals surface area contributed by atoms with Gasteiger partial charge in [-0.3, -0.25) is 25.5 Å². The van der Waals surface area contributed by atoms with Gasteiger partial charge in [0.15, 0.2) is 0 Å². The van der Waals surface area contributed by atoms with Gasteiger partial charge in [0.2, 0.25) is 0 Å². The van der Waals surface area contributed by atoms with Gasteiger partial charge in [-0.1, -0.05) is 23.7 Å². The van der Waals surface area contributed by atoms with E-state index < -0.39 is 28.7 Å². The molecule has 1 aromatic heterocycles. The van der Waals surface area contributed by atoms with Crippen LogP contribution >= 0.6 is 11.6 Å². The summed E-state index contributed by atoms with van der Waals surface area (Å²) in [5, 5.41) is -0.481. The van der Waals surface area contributed by atoms with E-state index in [1.165, 1.54) is 25.4 Å². The number of imide groups is 1. The number of nitrogens with one attached hydrogen (secondary N) is 2. The SMILES string of the molecule is Cc1cccc(Oc2ccnc(C(=O)N(C)C(=O)NNc3ccc(Cl)c(C(F)(F)F)c3)c2)c1. The molecule has 0 fully saturated rings. The molecule has 33 heavy (non-hydrogen) atoms. The van der Waals surface area contributed by atoms with E-state index in [1.807, 2.05) is 25.1 Å². The molecular weight excluding hydrogens is 461 g/mol. The van der Waals surface area contributed by atoms with Crippen molar-refractivity contribution in [2.75, 3.05) is 12.5 Å². The Morgan fingerprint density at radius 2 is 1.79 bits per heavy atom. The van der Waals surface area contributed by atoms with E-state index in [2.05, 4.69) is 15.8 Å². The van der Waals surface area contributed by atoms with Crippen molar-refractivity contribution in [2.45, 2.75) is 13.1 Å². The van der Waals surface area contributed by atoms with E-state index in [0.717, 1.165) is 17.7 Å². The van der Waals surface area contributed by atoms with Crippen molar-refractivity contribution in [1.82, 2.24) is 15.3 Å². The van der Waals surface area contributed by atoms with E-state index in [0.29, 0.717) is 16.4 Å². The molecule has 0 aliphatic carbocycles. The number of hydrogen-bond donors (Lipinski definition) is 2. The molecular formula is C22H18ClF3N4O3. The van der Waals surface area contributed by atoms with Crippen LogP contribution in [0.5, 0.6) is 11.5 Å². The fourth-order valence-electron chi connectivity index (χ4n) is 2.70. The molecule has 1 heterocycles. The van der Waals surface area contributed by atoms with Gasteiger partial charge in [0.05, 0.1) is 16.3 Å². The number of carbonyl (C=O) groups is 2. The fourth-order valence-corrected chi connectivity index (χ4v) is 2.93. The van der Waals surface area contributed by atoms with Crippen molar-refractivity contribution in [1.29, 1.82) is 0 Å². The van der Waals surface area contributed by atoms with Gasteiger partial charge in [-0.2, -0.15) is 13.2 Å². The van der Waals surface area contributed by atoms with Gasteiger partial charge in [-0.15, -0.1) is 0 Å². The van der Waals surface area contributed by atoms with E-state index in [9.17, 15) is 22.8 Å². The van der Waals surface area contributed by atoms with Crippen molar-refractivity contribution in [3.63, 3.8) is 0 Å². The van der Waals surface area contributed by atoms with E-state index >= 15 is 0 Å². The van der Waals surface area contributed by atoms with Crippen molar-refractivity contribution in [2.24, 2.45) is 0 Å². The van der Waals surface area contributed by atoms with Crippen LogP contribution in [0.4, 0.5) is 23.7 Å². The molecule has 0 saturated carbocycles. The van der Waals surface area contributed by atoms with E-state index in [1.54, 1.807) is 12.1 Å². The maximum Gasteiger partial charge on any atom is 0.417 e. The Hall–Kier alpha value is -3.79. The van der Waals surface area contributed by atoms with Gasteiger partial charge in [0.1, 0.15) is 17.2 Å². The zero-order valence-corrected chi connectivity index (χ0v) is 18.2. The molecule has 3 amide bonds. The first-order valence-corrected chi connectivity index (χ1v) is 9.84. The Kier molecular flexibility index (Phi) is 7.07. The minimum absolute atomic E-state index is 0.0661. The molecule has 0 atom stereocenters. The fraction of sp³-hybridized carbons (Fsp3) is 0.136. The second kappa shape index (κ2) is 9.78. The third-order valence-electron chi connectivity index (χ3n) is 4.37. The number of ether oxygens (including phenoxy) is 1.